The van der Waals surface area contributed by atoms with Gasteiger partial charge in [0.1, 0.15) is 0 Å². The molecule has 0 saturated heterocycles. The SMILES string of the molecule is CCN(C)C1(CS)CC1. The van der Waals surface area contributed by atoms with Gasteiger partial charge in [-0.2, -0.15) is 12.6 Å². The third kappa shape index (κ3) is 1.24. The Labute approximate surface area is 62.8 Å². The van der Waals surface area contributed by atoms with Crippen LogP contribution >= 0.6 is 12.6 Å². The van der Waals surface area contributed by atoms with Crippen LogP contribution in [-0.4, -0.2) is 29.8 Å². The Kier molecular flexibility index (Phi) is 2.07. The van der Waals surface area contributed by atoms with Gasteiger partial charge in [-0.25, -0.2) is 0 Å². The Balaban J connectivity index is 2.39. The van der Waals surface area contributed by atoms with Gasteiger partial charge in [0.15, 0.2) is 0 Å². The van der Waals surface area contributed by atoms with Crippen molar-refractivity contribution in [2.24, 2.45) is 0 Å². The summed E-state index contributed by atoms with van der Waals surface area (Å²) in [4.78, 5) is 2.40. The van der Waals surface area contributed by atoms with E-state index < -0.39 is 0 Å². The highest BCUT2D eigenvalue weighted by Crippen LogP contribution is 2.41. The molecule has 0 aromatic rings. The van der Waals surface area contributed by atoms with Gasteiger partial charge in [0, 0.05) is 11.3 Å². The minimum atomic E-state index is 0.498. The summed E-state index contributed by atoms with van der Waals surface area (Å²) >= 11 is 4.32. The Hall–Kier alpha value is 0.310. The average Bonchev–Trinajstić information content (AvgIpc) is 2.66. The first-order valence-corrected chi connectivity index (χ1v) is 4.20. The molecule has 0 N–H and O–H groups in total. The zero-order valence-corrected chi connectivity index (χ0v) is 7.12. The summed E-state index contributed by atoms with van der Waals surface area (Å²) in [5.41, 5.74) is 0.498. The molecule has 2 heteroatoms. The molecule has 1 nitrogen and oxygen atoms in total. The maximum absolute atomic E-state index is 4.32. The van der Waals surface area contributed by atoms with Gasteiger partial charge in [0.2, 0.25) is 0 Å². The lowest BCUT2D eigenvalue weighted by Crippen LogP contribution is -2.34. The second-order valence-corrected chi connectivity index (χ2v) is 3.21. The van der Waals surface area contributed by atoms with Crippen LogP contribution in [0, 0.1) is 0 Å². The summed E-state index contributed by atoms with van der Waals surface area (Å²) in [6, 6.07) is 0. The van der Waals surface area contributed by atoms with E-state index in [2.05, 4.69) is 31.5 Å². The number of hydrogen-bond acceptors (Lipinski definition) is 2. The second kappa shape index (κ2) is 2.51. The van der Waals surface area contributed by atoms with E-state index in [1.165, 1.54) is 12.8 Å². The molecule has 0 atom stereocenters. The second-order valence-electron chi connectivity index (χ2n) is 2.90. The molecule has 0 amide bonds. The molecule has 0 heterocycles. The van der Waals surface area contributed by atoms with Crippen molar-refractivity contribution in [3.63, 3.8) is 0 Å². The average molecular weight is 145 g/mol. The maximum Gasteiger partial charge on any atom is 0.0295 e. The fourth-order valence-corrected chi connectivity index (χ4v) is 1.70. The van der Waals surface area contributed by atoms with Crippen molar-refractivity contribution in [3.8, 4) is 0 Å². The Bertz CT molecular complexity index is 99.1. The van der Waals surface area contributed by atoms with Gasteiger partial charge < -0.3 is 4.90 Å². The van der Waals surface area contributed by atoms with E-state index in [1.807, 2.05) is 0 Å². The van der Waals surface area contributed by atoms with Crippen LogP contribution in [0.3, 0.4) is 0 Å². The molecule has 1 saturated carbocycles. The minimum Gasteiger partial charge on any atom is -0.300 e. The Morgan fingerprint density at radius 2 is 2.11 bits per heavy atom. The highest BCUT2D eigenvalue weighted by Gasteiger charge is 2.44. The van der Waals surface area contributed by atoms with Gasteiger partial charge in [0.05, 0.1) is 0 Å². The largest absolute Gasteiger partial charge is 0.300 e. The smallest absolute Gasteiger partial charge is 0.0295 e. The van der Waals surface area contributed by atoms with Crippen LogP contribution in [0.1, 0.15) is 19.8 Å². The van der Waals surface area contributed by atoms with Crippen molar-refractivity contribution in [2.45, 2.75) is 25.3 Å². The van der Waals surface area contributed by atoms with E-state index >= 15 is 0 Å². The molecule has 9 heavy (non-hydrogen) atoms. The molecular weight excluding hydrogens is 130 g/mol. The minimum absolute atomic E-state index is 0.498. The van der Waals surface area contributed by atoms with Crippen LogP contribution < -0.4 is 0 Å². The fourth-order valence-electron chi connectivity index (χ4n) is 1.14. The number of nitrogens with zero attached hydrogens (tertiary/aromatic N) is 1. The Morgan fingerprint density at radius 1 is 1.56 bits per heavy atom. The third-order valence-electron chi connectivity index (χ3n) is 2.41. The predicted octanol–water partition coefficient (Wildman–Crippen LogP) is 1.40. The highest BCUT2D eigenvalue weighted by atomic mass is 32.1. The molecule has 0 radical (unpaired) electrons. The van der Waals surface area contributed by atoms with Crippen LogP contribution in [0.15, 0.2) is 0 Å². The third-order valence-corrected chi connectivity index (χ3v) is 2.99. The molecular formula is C7H15NS. The van der Waals surface area contributed by atoms with Crippen molar-refractivity contribution >= 4 is 12.6 Å². The first-order chi connectivity index (χ1) is 4.25. The standard InChI is InChI=1S/C7H15NS/c1-3-8(2)7(6-9)4-5-7/h9H,3-6H2,1-2H3. The van der Waals surface area contributed by atoms with Crippen LogP contribution in [-0.2, 0) is 0 Å². The van der Waals surface area contributed by atoms with Gasteiger partial charge in [0.25, 0.3) is 0 Å². The van der Waals surface area contributed by atoms with Gasteiger partial charge in [-0.3, -0.25) is 0 Å². The molecule has 0 bridgehead atoms. The molecule has 1 aliphatic carbocycles. The monoisotopic (exact) mass is 145 g/mol. The highest BCUT2D eigenvalue weighted by molar-refractivity contribution is 7.80. The zero-order chi connectivity index (χ0) is 6.91. The molecule has 0 unspecified atom stereocenters. The van der Waals surface area contributed by atoms with E-state index in [1.54, 1.807) is 0 Å². The molecule has 0 aliphatic heterocycles. The van der Waals surface area contributed by atoms with E-state index in [0.29, 0.717) is 5.54 Å². The summed E-state index contributed by atoms with van der Waals surface area (Å²) in [7, 11) is 2.18. The normalized spacial score (nSPS) is 22.7. The predicted molar refractivity (Wildman–Crippen MR) is 44.1 cm³/mol. The van der Waals surface area contributed by atoms with Gasteiger partial charge in [-0.1, -0.05) is 6.92 Å². The zero-order valence-electron chi connectivity index (χ0n) is 6.22. The lowest BCUT2D eigenvalue weighted by Gasteiger charge is -2.24. The Morgan fingerprint density at radius 3 is 2.22 bits per heavy atom. The van der Waals surface area contributed by atoms with E-state index in [9.17, 15) is 0 Å². The number of rotatable bonds is 3. The van der Waals surface area contributed by atoms with E-state index in [-0.39, 0.29) is 0 Å². The summed E-state index contributed by atoms with van der Waals surface area (Å²) < 4.78 is 0. The van der Waals surface area contributed by atoms with Crippen molar-refractivity contribution in [2.75, 3.05) is 19.3 Å². The van der Waals surface area contributed by atoms with Gasteiger partial charge >= 0.3 is 0 Å². The topological polar surface area (TPSA) is 3.24 Å². The summed E-state index contributed by atoms with van der Waals surface area (Å²) in [6.07, 6.45) is 2.70. The number of thiol groups is 1. The van der Waals surface area contributed by atoms with E-state index in [0.717, 1.165) is 12.3 Å². The van der Waals surface area contributed by atoms with Crippen LogP contribution in [0.25, 0.3) is 0 Å². The van der Waals surface area contributed by atoms with Gasteiger partial charge in [-0.05, 0) is 26.4 Å². The van der Waals surface area contributed by atoms with Crippen LogP contribution in [0.2, 0.25) is 0 Å². The molecule has 0 aromatic carbocycles. The first kappa shape index (κ1) is 7.42. The molecule has 54 valence electrons. The number of hydrogen-bond donors (Lipinski definition) is 1. The lowest BCUT2D eigenvalue weighted by atomic mass is 10.3. The van der Waals surface area contributed by atoms with Crippen molar-refractivity contribution in [1.29, 1.82) is 0 Å². The maximum atomic E-state index is 4.32. The van der Waals surface area contributed by atoms with Crippen molar-refractivity contribution in [3.05, 3.63) is 0 Å². The summed E-state index contributed by atoms with van der Waals surface area (Å²) in [5, 5.41) is 0. The van der Waals surface area contributed by atoms with E-state index in [4.69, 9.17) is 0 Å². The van der Waals surface area contributed by atoms with Crippen molar-refractivity contribution in [1.82, 2.24) is 4.90 Å². The molecule has 1 rings (SSSR count). The quantitative estimate of drug-likeness (QED) is 0.588. The van der Waals surface area contributed by atoms with Gasteiger partial charge in [-0.15, -0.1) is 0 Å². The molecule has 1 aliphatic rings. The van der Waals surface area contributed by atoms with Crippen molar-refractivity contribution < 1.29 is 0 Å². The van der Waals surface area contributed by atoms with Crippen LogP contribution in [0.4, 0.5) is 0 Å². The lowest BCUT2D eigenvalue weighted by molar-refractivity contribution is 0.256. The first-order valence-electron chi connectivity index (χ1n) is 3.57. The summed E-state index contributed by atoms with van der Waals surface area (Å²) in [6.45, 7) is 3.35. The molecule has 0 aromatic heterocycles. The summed E-state index contributed by atoms with van der Waals surface area (Å²) in [5.74, 6) is 1.03. The van der Waals surface area contributed by atoms with Crippen LogP contribution in [0.5, 0.6) is 0 Å². The fraction of sp³-hybridized carbons (Fsp3) is 1.00. The molecule has 0 spiro atoms. The molecule has 1 fully saturated rings.